The van der Waals surface area contributed by atoms with Gasteiger partial charge in [0.25, 0.3) is 0 Å². The molecule has 0 amide bonds. The molecule has 0 aromatic carbocycles. The first-order valence-corrected chi connectivity index (χ1v) is 4.04. The first-order chi connectivity index (χ1) is 6.78. The molecule has 0 bridgehead atoms. The predicted octanol–water partition coefficient (Wildman–Crippen LogP) is -2.02. The van der Waals surface area contributed by atoms with Gasteiger partial charge in [0.1, 0.15) is 0 Å². The molecule has 0 aliphatic rings. The number of aliphatic hydroxyl groups is 1. The van der Waals surface area contributed by atoms with E-state index < -0.39 is 36.4 Å². The second-order valence-corrected chi connectivity index (χ2v) is 2.48. The molecule has 0 spiro atoms. The normalized spacial score (nSPS) is 9.60. The van der Waals surface area contributed by atoms with Crippen molar-refractivity contribution in [2.75, 3.05) is 0 Å². The van der Waals surface area contributed by atoms with Crippen LogP contribution in [0.15, 0.2) is 0 Å². The van der Waals surface area contributed by atoms with E-state index in [4.69, 9.17) is 24.2 Å². The van der Waals surface area contributed by atoms with Crippen molar-refractivity contribution in [1.82, 2.24) is 0 Å². The number of hydrogen-bond acceptors (Lipinski definition) is 5. The quantitative estimate of drug-likeness (QED) is 0.399. The molecule has 0 saturated heterocycles. The molecular weight excluding hydrogens is 227 g/mol. The summed E-state index contributed by atoms with van der Waals surface area (Å²) in [5.74, 6) is -5.02. The molecule has 8 nitrogen and oxygen atoms in total. The van der Waals surface area contributed by atoms with Crippen molar-refractivity contribution in [3.05, 3.63) is 0 Å². The van der Waals surface area contributed by atoms with Gasteiger partial charge in [-0.3, -0.25) is 9.59 Å². The van der Waals surface area contributed by atoms with Crippen LogP contribution in [-0.2, 0) is 18.2 Å². The van der Waals surface area contributed by atoms with Crippen LogP contribution in [0.4, 0.5) is 0 Å². The molecule has 4 N–H and O–H groups in total. The molecule has 0 fully saturated rings. The molecule has 84 valence electrons. The van der Waals surface area contributed by atoms with E-state index >= 15 is 0 Å². The van der Waals surface area contributed by atoms with E-state index in [1.54, 1.807) is 0 Å². The van der Waals surface area contributed by atoms with E-state index in [1.807, 2.05) is 0 Å². The van der Waals surface area contributed by atoms with Gasteiger partial charge in [-0.25, -0.2) is 4.79 Å². The Labute approximate surface area is 91.8 Å². The molecule has 0 unspecified atom stereocenters. The average molecular weight is 236 g/mol. The van der Waals surface area contributed by atoms with Gasteiger partial charge in [0.05, 0.1) is 12.8 Å². The third-order valence-electron chi connectivity index (χ3n) is 1.29. The summed E-state index contributed by atoms with van der Waals surface area (Å²) in [6.45, 7) is 0. The van der Waals surface area contributed by atoms with Gasteiger partial charge >= 0.3 is 37.9 Å². The van der Waals surface area contributed by atoms with Gasteiger partial charge < -0.3 is 20.4 Å². The van der Waals surface area contributed by atoms with Gasteiger partial charge in [0.2, 0.25) is 0 Å². The monoisotopic (exact) mass is 236 g/mol. The number of carboxylic acid groups (broad SMARTS) is 3. The molecule has 0 aromatic rings. The van der Waals surface area contributed by atoms with E-state index in [9.17, 15) is 14.4 Å². The molecule has 0 aliphatic heterocycles. The van der Waals surface area contributed by atoms with Crippen molar-refractivity contribution in [2.45, 2.75) is 18.4 Å². The fourth-order valence-electron chi connectivity index (χ4n) is 0.714. The SMILES string of the molecule is O=C(O)CC(O)(CC(=O)O)C(=O)O.[O]=[AlH]. The Morgan fingerprint density at radius 1 is 0.933 bits per heavy atom. The second-order valence-electron chi connectivity index (χ2n) is 2.48. The maximum atomic E-state index is 10.3. The Morgan fingerprint density at radius 2 is 1.20 bits per heavy atom. The van der Waals surface area contributed by atoms with Crippen LogP contribution in [0.5, 0.6) is 0 Å². The first-order valence-electron chi connectivity index (χ1n) is 3.46. The minimum absolute atomic E-state index is 0.611. The zero-order valence-electron chi connectivity index (χ0n) is 7.54. The molecule has 0 atom stereocenters. The van der Waals surface area contributed by atoms with Crippen LogP contribution in [0.2, 0.25) is 0 Å². The zero-order valence-corrected chi connectivity index (χ0v) is 8.96. The summed E-state index contributed by atoms with van der Waals surface area (Å²) in [7, 11) is 0. The molecular formula is C6H9AlO8. The van der Waals surface area contributed by atoms with Gasteiger partial charge in [-0.1, -0.05) is 0 Å². The molecule has 0 saturated carbocycles. The summed E-state index contributed by atoms with van der Waals surface area (Å²) in [5.41, 5.74) is -2.74. The number of aliphatic carboxylic acids is 3. The standard InChI is InChI=1S/C6H8O7.Al.O.H/c7-3(8)1-6(13,5(11)12)2-4(9)10;;;/h13H,1-2H2,(H,7,8)(H,9,10)(H,11,12);;;. The number of hydrogen-bond donors (Lipinski definition) is 4. The summed E-state index contributed by atoms with van der Waals surface area (Å²) in [5, 5.41) is 33.8. The molecule has 9 heteroatoms. The van der Waals surface area contributed by atoms with E-state index in [1.165, 1.54) is 0 Å². The van der Waals surface area contributed by atoms with Crippen LogP contribution in [0, 0.1) is 0 Å². The molecule has 0 radical (unpaired) electrons. The minimum atomic E-state index is -2.74. The summed E-state index contributed by atoms with van der Waals surface area (Å²) in [4.78, 5) is 30.5. The first kappa shape index (κ1) is 16.1. The average Bonchev–Trinajstić information content (AvgIpc) is 2.04. The number of carbonyl (C=O) groups is 3. The van der Waals surface area contributed by atoms with Gasteiger partial charge in [-0.2, -0.15) is 0 Å². The summed E-state index contributed by atoms with van der Waals surface area (Å²) in [6.07, 6.45) is -2.29. The van der Waals surface area contributed by atoms with E-state index in [2.05, 4.69) is 0 Å². The Kier molecular flexibility index (Phi) is 7.59. The van der Waals surface area contributed by atoms with Crippen LogP contribution in [-0.4, -0.2) is 60.2 Å². The summed E-state index contributed by atoms with van der Waals surface area (Å²) >= 11 is 0.611. The topological polar surface area (TPSA) is 149 Å². The predicted molar refractivity (Wildman–Crippen MR) is 44.9 cm³/mol. The molecule has 0 heterocycles. The van der Waals surface area contributed by atoms with Crippen molar-refractivity contribution in [3.63, 3.8) is 0 Å². The summed E-state index contributed by atoms with van der Waals surface area (Å²) in [6, 6.07) is 0. The number of rotatable bonds is 5. The van der Waals surface area contributed by atoms with Gasteiger partial charge in [-0.15, -0.1) is 0 Å². The van der Waals surface area contributed by atoms with Crippen LogP contribution in [0.3, 0.4) is 0 Å². The molecule has 0 aromatic heterocycles. The van der Waals surface area contributed by atoms with Crippen LogP contribution >= 0.6 is 0 Å². The van der Waals surface area contributed by atoms with Gasteiger partial charge in [0, 0.05) is 0 Å². The zero-order chi connectivity index (χ0) is 12.6. The fourth-order valence-corrected chi connectivity index (χ4v) is 0.714. The number of carboxylic acids is 3. The second kappa shape index (κ2) is 7.06. The molecule has 0 rings (SSSR count). The Hall–Kier alpha value is -1.30. The van der Waals surface area contributed by atoms with E-state index in [0.717, 1.165) is 0 Å². The van der Waals surface area contributed by atoms with E-state index in [0.29, 0.717) is 16.2 Å². The Balaban J connectivity index is 0. The van der Waals surface area contributed by atoms with Gasteiger partial charge in [-0.05, 0) is 0 Å². The van der Waals surface area contributed by atoms with Crippen LogP contribution in [0.1, 0.15) is 12.8 Å². The van der Waals surface area contributed by atoms with Crippen molar-refractivity contribution in [3.8, 4) is 0 Å². The van der Waals surface area contributed by atoms with Crippen molar-refractivity contribution < 1.29 is 38.6 Å². The van der Waals surface area contributed by atoms with Crippen molar-refractivity contribution in [1.29, 1.82) is 0 Å². The maximum absolute atomic E-state index is 10.3. The van der Waals surface area contributed by atoms with Crippen LogP contribution < -0.4 is 0 Å². The summed E-state index contributed by atoms with van der Waals surface area (Å²) < 4.78 is 8.28. The third kappa shape index (κ3) is 6.73. The molecule has 0 aliphatic carbocycles. The third-order valence-corrected chi connectivity index (χ3v) is 1.29. The van der Waals surface area contributed by atoms with Crippen molar-refractivity contribution in [2.24, 2.45) is 0 Å². The van der Waals surface area contributed by atoms with Gasteiger partial charge in [0.15, 0.2) is 5.60 Å². The Morgan fingerprint density at radius 3 is 1.33 bits per heavy atom. The van der Waals surface area contributed by atoms with Crippen molar-refractivity contribution >= 4 is 34.1 Å². The fraction of sp³-hybridized carbons (Fsp3) is 0.500. The Bertz CT molecular complexity index is 246. The molecule has 15 heavy (non-hydrogen) atoms. The van der Waals surface area contributed by atoms with E-state index in [-0.39, 0.29) is 0 Å². The van der Waals surface area contributed by atoms with Crippen LogP contribution in [0.25, 0.3) is 0 Å².